The van der Waals surface area contributed by atoms with Crippen LogP contribution in [0.3, 0.4) is 0 Å². The Bertz CT molecular complexity index is 663. The Balaban J connectivity index is 1.53. The van der Waals surface area contributed by atoms with Gasteiger partial charge in [-0.05, 0) is 24.7 Å². The van der Waals surface area contributed by atoms with Crippen molar-refractivity contribution in [1.82, 2.24) is 20.1 Å². The third-order valence-corrected chi connectivity index (χ3v) is 4.90. The first kappa shape index (κ1) is 19.4. The summed E-state index contributed by atoms with van der Waals surface area (Å²) in [6.07, 6.45) is 1.05. The fraction of sp³-hybridized carbons (Fsp3) is 0.611. The minimum Gasteiger partial charge on any atom is -0.467 e. The van der Waals surface area contributed by atoms with Crippen molar-refractivity contribution >= 4 is 17.8 Å². The number of pyridine rings is 1. The molecule has 0 aromatic carbocycles. The van der Waals surface area contributed by atoms with E-state index in [2.05, 4.69) is 31.9 Å². The lowest BCUT2D eigenvalue weighted by molar-refractivity contribution is -0.158. The molecule has 1 aromatic rings. The van der Waals surface area contributed by atoms with Crippen LogP contribution in [0.2, 0.25) is 0 Å². The van der Waals surface area contributed by atoms with Gasteiger partial charge in [-0.2, -0.15) is 0 Å². The summed E-state index contributed by atoms with van der Waals surface area (Å²) in [5.74, 6) is 0.477. The van der Waals surface area contributed by atoms with Crippen LogP contribution in [0.4, 0.5) is 10.6 Å². The Kier molecular flexibility index (Phi) is 6.46. The molecular formula is C18H27N5O4. The van der Waals surface area contributed by atoms with Crippen molar-refractivity contribution in [2.24, 2.45) is 0 Å². The van der Waals surface area contributed by atoms with Crippen LogP contribution in [0.5, 0.6) is 0 Å². The second-order valence-electron chi connectivity index (χ2n) is 6.80. The van der Waals surface area contributed by atoms with Crippen LogP contribution < -0.4 is 10.2 Å². The molecule has 2 aliphatic heterocycles. The van der Waals surface area contributed by atoms with Crippen LogP contribution in [-0.2, 0) is 20.8 Å². The van der Waals surface area contributed by atoms with Crippen LogP contribution in [0, 0.1) is 0 Å². The minimum atomic E-state index is -0.723. The summed E-state index contributed by atoms with van der Waals surface area (Å²) in [7, 11) is 3.43. The van der Waals surface area contributed by atoms with Gasteiger partial charge in [0, 0.05) is 45.5 Å². The standard InChI is InChI=1S/C18H27N5O4/c1-21-5-7-22(8-6-21)16-11-14(3-4-19-16)12-20-18(25)23-9-10-27-15(13-23)17(24)26-2/h3-4,11,15H,5-10,12-13H2,1-2H3,(H,20,25). The van der Waals surface area contributed by atoms with E-state index in [0.717, 1.165) is 37.6 Å². The Morgan fingerprint density at radius 3 is 2.81 bits per heavy atom. The van der Waals surface area contributed by atoms with Crippen LogP contribution in [0.1, 0.15) is 5.56 Å². The van der Waals surface area contributed by atoms with Gasteiger partial charge < -0.3 is 29.5 Å². The molecule has 27 heavy (non-hydrogen) atoms. The SMILES string of the molecule is COC(=O)C1CN(C(=O)NCc2ccnc(N3CCN(C)CC3)c2)CCO1. The number of likely N-dealkylation sites (N-methyl/N-ethyl adjacent to an activating group) is 1. The number of urea groups is 1. The van der Waals surface area contributed by atoms with Gasteiger partial charge in [0.1, 0.15) is 5.82 Å². The Morgan fingerprint density at radius 2 is 2.07 bits per heavy atom. The van der Waals surface area contributed by atoms with Crippen LogP contribution in [0.15, 0.2) is 18.3 Å². The molecule has 2 saturated heterocycles. The van der Waals surface area contributed by atoms with Gasteiger partial charge in [0.15, 0.2) is 6.10 Å². The molecular weight excluding hydrogens is 350 g/mol. The summed E-state index contributed by atoms with van der Waals surface area (Å²) >= 11 is 0. The Labute approximate surface area is 159 Å². The number of carbonyl (C=O) groups excluding carboxylic acids is 2. The molecule has 0 saturated carbocycles. The third kappa shape index (κ3) is 5.08. The van der Waals surface area contributed by atoms with Gasteiger partial charge in [-0.1, -0.05) is 0 Å². The summed E-state index contributed by atoms with van der Waals surface area (Å²) < 4.78 is 10.0. The number of esters is 1. The lowest BCUT2D eigenvalue weighted by atomic mass is 10.2. The molecule has 9 nitrogen and oxygen atoms in total. The Morgan fingerprint density at radius 1 is 1.30 bits per heavy atom. The lowest BCUT2D eigenvalue weighted by Crippen LogP contribution is -2.51. The predicted molar refractivity (Wildman–Crippen MR) is 99.5 cm³/mol. The topological polar surface area (TPSA) is 87.2 Å². The van der Waals surface area contributed by atoms with Gasteiger partial charge in [0.2, 0.25) is 0 Å². The first-order valence-electron chi connectivity index (χ1n) is 9.17. The summed E-state index contributed by atoms with van der Waals surface area (Å²) in [6.45, 7) is 5.29. The highest BCUT2D eigenvalue weighted by atomic mass is 16.6. The molecule has 148 valence electrons. The number of hydrogen-bond acceptors (Lipinski definition) is 7. The van der Waals surface area contributed by atoms with E-state index < -0.39 is 12.1 Å². The van der Waals surface area contributed by atoms with E-state index >= 15 is 0 Å². The second-order valence-corrected chi connectivity index (χ2v) is 6.80. The molecule has 2 aliphatic rings. The average molecular weight is 377 g/mol. The summed E-state index contributed by atoms with van der Waals surface area (Å²) in [4.78, 5) is 34.6. The van der Waals surface area contributed by atoms with Crippen molar-refractivity contribution in [3.63, 3.8) is 0 Å². The zero-order valence-corrected chi connectivity index (χ0v) is 15.9. The number of nitrogens with zero attached hydrogens (tertiary/aromatic N) is 4. The number of ether oxygens (including phenoxy) is 2. The lowest BCUT2D eigenvalue weighted by Gasteiger charge is -2.33. The van der Waals surface area contributed by atoms with Crippen molar-refractivity contribution in [3.05, 3.63) is 23.9 Å². The van der Waals surface area contributed by atoms with E-state index in [4.69, 9.17) is 4.74 Å². The van der Waals surface area contributed by atoms with Crippen molar-refractivity contribution in [2.45, 2.75) is 12.6 Å². The van der Waals surface area contributed by atoms with E-state index in [9.17, 15) is 9.59 Å². The monoisotopic (exact) mass is 377 g/mol. The fourth-order valence-corrected chi connectivity index (χ4v) is 3.18. The van der Waals surface area contributed by atoms with Gasteiger partial charge in [-0.15, -0.1) is 0 Å². The number of piperazine rings is 1. The zero-order chi connectivity index (χ0) is 19.2. The van der Waals surface area contributed by atoms with Gasteiger partial charge >= 0.3 is 12.0 Å². The normalized spacial score (nSPS) is 21.0. The van der Waals surface area contributed by atoms with E-state index in [-0.39, 0.29) is 12.6 Å². The number of amides is 2. The molecule has 9 heteroatoms. The highest BCUT2D eigenvalue weighted by molar-refractivity contribution is 5.78. The van der Waals surface area contributed by atoms with Gasteiger partial charge in [0.25, 0.3) is 0 Å². The van der Waals surface area contributed by atoms with Gasteiger partial charge in [-0.3, -0.25) is 0 Å². The maximum atomic E-state index is 12.4. The highest BCUT2D eigenvalue weighted by Gasteiger charge is 2.29. The minimum absolute atomic E-state index is 0.196. The van der Waals surface area contributed by atoms with Crippen molar-refractivity contribution in [3.8, 4) is 0 Å². The van der Waals surface area contributed by atoms with E-state index in [1.54, 1.807) is 11.1 Å². The molecule has 2 fully saturated rings. The Hall–Kier alpha value is -2.39. The maximum Gasteiger partial charge on any atom is 0.336 e. The van der Waals surface area contributed by atoms with Crippen LogP contribution in [0.25, 0.3) is 0 Å². The number of nitrogens with one attached hydrogen (secondary N) is 1. The molecule has 3 heterocycles. The number of aromatic nitrogens is 1. The predicted octanol–water partition coefficient (Wildman–Crippen LogP) is -0.0832. The zero-order valence-electron chi connectivity index (χ0n) is 15.9. The molecule has 0 spiro atoms. The number of carbonyl (C=O) groups is 2. The van der Waals surface area contributed by atoms with E-state index in [0.29, 0.717) is 19.7 Å². The second kappa shape index (κ2) is 9.01. The number of rotatable bonds is 4. The molecule has 3 rings (SSSR count). The summed E-state index contributed by atoms with van der Waals surface area (Å²) in [6, 6.07) is 3.70. The summed E-state index contributed by atoms with van der Waals surface area (Å²) in [5.41, 5.74) is 0.991. The van der Waals surface area contributed by atoms with E-state index in [1.807, 2.05) is 12.1 Å². The fourth-order valence-electron chi connectivity index (χ4n) is 3.18. The van der Waals surface area contributed by atoms with Crippen molar-refractivity contribution in [2.75, 3.05) is 64.9 Å². The number of methoxy groups -OCH3 is 1. The molecule has 1 N–H and O–H groups in total. The summed E-state index contributed by atoms with van der Waals surface area (Å²) in [5, 5.41) is 2.91. The molecule has 1 aromatic heterocycles. The first-order valence-corrected chi connectivity index (χ1v) is 9.17. The molecule has 0 bridgehead atoms. The van der Waals surface area contributed by atoms with Crippen LogP contribution >= 0.6 is 0 Å². The van der Waals surface area contributed by atoms with Crippen LogP contribution in [-0.4, -0.2) is 92.9 Å². The van der Waals surface area contributed by atoms with Crippen molar-refractivity contribution < 1.29 is 19.1 Å². The number of morpholine rings is 1. The van der Waals surface area contributed by atoms with E-state index in [1.165, 1.54) is 7.11 Å². The molecule has 1 atom stereocenters. The third-order valence-electron chi connectivity index (χ3n) is 4.90. The van der Waals surface area contributed by atoms with Gasteiger partial charge in [-0.25, -0.2) is 14.6 Å². The quantitative estimate of drug-likeness (QED) is 0.734. The highest BCUT2D eigenvalue weighted by Crippen LogP contribution is 2.15. The molecule has 0 aliphatic carbocycles. The van der Waals surface area contributed by atoms with Crippen molar-refractivity contribution in [1.29, 1.82) is 0 Å². The molecule has 2 amide bonds. The average Bonchev–Trinajstić information content (AvgIpc) is 2.72. The number of anilines is 1. The van der Waals surface area contributed by atoms with Gasteiger partial charge in [0.05, 0.1) is 20.3 Å². The molecule has 1 unspecified atom stereocenters. The maximum absolute atomic E-state index is 12.4. The first-order chi connectivity index (χ1) is 13.1. The smallest absolute Gasteiger partial charge is 0.336 e. The largest absolute Gasteiger partial charge is 0.467 e. The molecule has 0 radical (unpaired) electrons. The number of hydrogen-bond donors (Lipinski definition) is 1.